The van der Waals surface area contributed by atoms with Crippen LogP contribution in [0.4, 0.5) is 10.5 Å². The third kappa shape index (κ3) is 4.32. The van der Waals surface area contributed by atoms with E-state index in [9.17, 15) is 9.59 Å². The maximum atomic E-state index is 11.7. The second-order valence-corrected chi connectivity index (χ2v) is 4.21. The average Bonchev–Trinajstić information content (AvgIpc) is 2.37. The molecule has 0 bridgehead atoms. The van der Waals surface area contributed by atoms with Gasteiger partial charge in [-0.2, -0.15) is 5.26 Å². The van der Waals surface area contributed by atoms with Gasteiger partial charge in [0, 0.05) is 11.7 Å². The number of carbonyl (C=O) groups is 2. The molecular formula is C13H15N3O3. The van der Waals surface area contributed by atoms with Crippen molar-refractivity contribution in [1.29, 1.82) is 5.26 Å². The number of aliphatic carboxylic acids is 1. The number of nitrogens with zero attached hydrogens (tertiary/aromatic N) is 1. The Kier molecular flexibility index (Phi) is 4.89. The van der Waals surface area contributed by atoms with Gasteiger partial charge < -0.3 is 15.7 Å². The lowest BCUT2D eigenvalue weighted by molar-refractivity contribution is -0.141. The summed E-state index contributed by atoms with van der Waals surface area (Å²) in [6, 6.07) is 7.41. The van der Waals surface area contributed by atoms with Crippen LogP contribution in [0, 0.1) is 17.2 Å². The number of benzene rings is 1. The van der Waals surface area contributed by atoms with Gasteiger partial charge in [0.05, 0.1) is 17.6 Å². The van der Waals surface area contributed by atoms with E-state index in [4.69, 9.17) is 10.4 Å². The maximum absolute atomic E-state index is 11.7. The fourth-order valence-corrected chi connectivity index (χ4v) is 1.38. The number of hydrogen-bond donors (Lipinski definition) is 3. The van der Waals surface area contributed by atoms with Crippen LogP contribution >= 0.6 is 0 Å². The topological polar surface area (TPSA) is 102 Å². The number of carboxylic acids is 1. The van der Waals surface area contributed by atoms with Gasteiger partial charge >= 0.3 is 12.0 Å². The first kappa shape index (κ1) is 14.5. The summed E-state index contributed by atoms with van der Waals surface area (Å²) in [7, 11) is 0. The second kappa shape index (κ2) is 6.40. The summed E-state index contributed by atoms with van der Waals surface area (Å²) < 4.78 is 0. The number of amides is 2. The van der Waals surface area contributed by atoms with Crippen LogP contribution < -0.4 is 10.6 Å². The average molecular weight is 261 g/mol. The molecule has 0 aliphatic heterocycles. The summed E-state index contributed by atoms with van der Waals surface area (Å²) in [4.78, 5) is 22.4. The van der Waals surface area contributed by atoms with Crippen LogP contribution in [0.2, 0.25) is 0 Å². The number of urea groups is 1. The fourth-order valence-electron chi connectivity index (χ4n) is 1.38. The van der Waals surface area contributed by atoms with Gasteiger partial charge in [-0.25, -0.2) is 4.79 Å². The summed E-state index contributed by atoms with van der Waals surface area (Å²) in [6.45, 7) is 3.13. The Hall–Kier alpha value is -2.55. The molecule has 0 aliphatic rings. The van der Waals surface area contributed by atoms with Gasteiger partial charge in [0.15, 0.2) is 0 Å². The highest BCUT2D eigenvalue weighted by molar-refractivity contribution is 5.90. The molecule has 0 saturated carbocycles. The van der Waals surface area contributed by atoms with Crippen LogP contribution in [0.5, 0.6) is 0 Å². The number of carbonyl (C=O) groups excluding carboxylic acids is 1. The van der Waals surface area contributed by atoms with Crippen LogP contribution in [0.1, 0.15) is 19.4 Å². The monoisotopic (exact) mass is 261 g/mol. The zero-order chi connectivity index (χ0) is 14.4. The lowest BCUT2D eigenvalue weighted by Gasteiger charge is -2.18. The Labute approximate surface area is 111 Å². The van der Waals surface area contributed by atoms with Crippen molar-refractivity contribution in [2.45, 2.75) is 19.9 Å². The molecule has 6 nitrogen and oxygen atoms in total. The van der Waals surface area contributed by atoms with E-state index in [-0.39, 0.29) is 0 Å². The summed E-state index contributed by atoms with van der Waals surface area (Å²) in [6.07, 6.45) is 0. The second-order valence-electron chi connectivity index (χ2n) is 4.21. The van der Waals surface area contributed by atoms with E-state index < -0.39 is 24.0 Å². The minimum Gasteiger partial charge on any atom is -0.481 e. The van der Waals surface area contributed by atoms with Crippen LogP contribution in [-0.4, -0.2) is 23.1 Å². The zero-order valence-electron chi connectivity index (χ0n) is 10.7. The van der Waals surface area contributed by atoms with Crippen LogP contribution in [0.25, 0.3) is 0 Å². The third-order valence-electron chi connectivity index (χ3n) is 2.75. The van der Waals surface area contributed by atoms with Gasteiger partial charge in [0.25, 0.3) is 0 Å². The molecule has 2 atom stereocenters. The molecule has 19 heavy (non-hydrogen) atoms. The van der Waals surface area contributed by atoms with Gasteiger partial charge in [0.1, 0.15) is 0 Å². The number of hydrogen-bond acceptors (Lipinski definition) is 3. The third-order valence-corrected chi connectivity index (χ3v) is 2.75. The predicted molar refractivity (Wildman–Crippen MR) is 69.6 cm³/mol. The van der Waals surface area contributed by atoms with Crippen molar-refractivity contribution >= 4 is 17.7 Å². The van der Waals surface area contributed by atoms with Crippen molar-refractivity contribution in [2.24, 2.45) is 5.92 Å². The molecule has 1 rings (SSSR count). The minimum atomic E-state index is -0.973. The molecule has 0 heterocycles. The van der Waals surface area contributed by atoms with Crippen molar-refractivity contribution in [1.82, 2.24) is 5.32 Å². The smallest absolute Gasteiger partial charge is 0.319 e. The molecule has 0 aliphatic carbocycles. The molecule has 1 aromatic carbocycles. The molecule has 100 valence electrons. The van der Waals surface area contributed by atoms with Gasteiger partial charge in [0.2, 0.25) is 0 Å². The van der Waals surface area contributed by atoms with Crippen molar-refractivity contribution in [2.75, 3.05) is 5.32 Å². The number of nitrogens with one attached hydrogen (secondary N) is 2. The first-order valence-electron chi connectivity index (χ1n) is 5.74. The lowest BCUT2D eigenvalue weighted by atomic mass is 10.0. The number of rotatable bonds is 4. The van der Waals surface area contributed by atoms with Gasteiger partial charge in [-0.3, -0.25) is 4.79 Å². The van der Waals surface area contributed by atoms with E-state index in [1.807, 2.05) is 6.07 Å². The van der Waals surface area contributed by atoms with E-state index in [1.165, 1.54) is 13.0 Å². The Morgan fingerprint density at radius 2 is 2.05 bits per heavy atom. The molecular weight excluding hydrogens is 246 g/mol. The van der Waals surface area contributed by atoms with Crippen LogP contribution in [0.3, 0.4) is 0 Å². The van der Waals surface area contributed by atoms with Gasteiger partial charge in [-0.05, 0) is 32.0 Å². The SMILES string of the molecule is CC(NC(=O)Nc1cccc(C#N)c1)C(C)C(=O)O. The Morgan fingerprint density at radius 1 is 1.37 bits per heavy atom. The summed E-state index contributed by atoms with van der Waals surface area (Å²) >= 11 is 0. The molecule has 1 aromatic rings. The standard InChI is InChI=1S/C13H15N3O3/c1-8(12(17)18)9(2)15-13(19)16-11-5-3-4-10(6-11)7-14/h3-6,8-9H,1-2H3,(H,17,18)(H2,15,16,19). The Morgan fingerprint density at radius 3 is 2.63 bits per heavy atom. The minimum absolute atomic E-state index is 0.435. The van der Waals surface area contributed by atoms with Gasteiger partial charge in [-0.15, -0.1) is 0 Å². The zero-order valence-corrected chi connectivity index (χ0v) is 10.7. The summed E-state index contributed by atoms with van der Waals surface area (Å²) in [5.41, 5.74) is 0.913. The predicted octanol–water partition coefficient (Wildman–Crippen LogP) is 1.79. The van der Waals surface area contributed by atoms with Crippen molar-refractivity contribution in [3.05, 3.63) is 29.8 Å². The molecule has 6 heteroatoms. The Bertz CT molecular complexity index is 522. The highest BCUT2D eigenvalue weighted by Crippen LogP contribution is 2.10. The number of anilines is 1. The molecule has 2 unspecified atom stereocenters. The van der Waals surface area contributed by atoms with E-state index in [0.29, 0.717) is 11.3 Å². The molecule has 0 spiro atoms. The van der Waals surface area contributed by atoms with Gasteiger partial charge in [-0.1, -0.05) is 6.07 Å². The van der Waals surface area contributed by atoms with E-state index in [0.717, 1.165) is 0 Å². The molecule has 3 N–H and O–H groups in total. The first-order chi connectivity index (χ1) is 8.93. The molecule has 0 aromatic heterocycles. The lowest BCUT2D eigenvalue weighted by Crippen LogP contribution is -2.42. The van der Waals surface area contributed by atoms with Crippen molar-refractivity contribution < 1.29 is 14.7 Å². The highest BCUT2D eigenvalue weighted by atomic mass is 16.4. The number of nitriles is 1. The fraction of sp³-hybridized carbons (Fsp3) is 0.308. The highest BCUT2D eigenvalue weighted by Gasteiger charge is 2.20. The Balaban J connectivity index is 2.60. The quantitative estimate of drug-likeness (QED) is 0.768. The van der Waals surface area contributed by atoms with Crippen LogP contribution in [0.15, 0.2) is 24.3 Å². The largest absolute Gasteiger partial charge is 0.481 e. The van der Waals surface area contributed by atoms with Crippen LogP contribution in [-0.2, 0) is 4.79 Å². The van der Waals surface area contributed by atoms with Crippen molar-refractivity contribution in [3.63, 3.8) is 0 Å². The van der Waals surface area contributed by atoms with E-state index in [2.05, 4.69) is 10.6 Å². The maximum Gasteiger partial charge on any atom is 0.319 e. The molecule has 0 fully saturated rings. The van der Waals surface area contributed by atoms with E-state index >= 15 is 0 Å². The number of carboxylic acid groups (broad SMARTS) is 1. The summed E-state index contributed by atoms with van der Waals surface area (Å²) in [5, 5.41) is 22.6. The van der Waals surface area contributed by atoms with E-state index in [1.54, 1.807) is 25.1 Å². The molecule has 0 saturated heterocycles. The normalized spacial score (nSPS) is 12.9. The molecule has 2 amide bonds. The first-order valence-corrected chi connectivity index (χ1v) is 5.74. The van der Waals surface area contributed by atoms with Crippen molar-refractivity contribution in [3.8, 4) is 6.07 Å². The molecule has 0 radical (unpaired) electrons. The summed E-state index contributed by atoms with van der Waals surface area (Å²) in [5.74, 6) is -1.66.